The van der Waals surface area contributed by atoms with E-state index in [0.29, 0.717) is 0 Å². The molecule has 1 aromatic rings. The van der Waals surface area contributed by atoms with Crippen LogP contribution in [0.5, 0.6) is 5.75 Å². The monoisotopic (exact) mass is 224 g/mol. The fourth-order valence-electron chi connectivity index (χ4n) is 1.73. The molecular formula is C12H13ClO2. The molecule has 0 spiro atoms. The maximum atomic E-state index is 11.2. The second kappa shape index (κ2) is 3.86. The van der Waals surface area contributed by atoms with Crippen LogP contribution >= 0.6 is 11.6 Å². The minimum absolute atomic E-state index is 0.196. The van der Waals surface area contributed by atoms with Crippen LogP contribution in [0.25, 0.3) is 0 Å². The Balaban J connectivity index is 2.08. The molecule has 0 atom stereocenters. The zero-order valence-corrected chi connectivity index (χ0v) is 9.38. The summed E-state index contributed by atoms with van der Waals surface area (Å²) in [5.41, 5.74) is 0.873. The number of carbonyl (C=O) groups is 1. The van der Waals surface area contributed by atoms with Gasteiger partial charge in [0.1, 0.15) is 5.75 Å². The van der Waals surface area contributed by atoms with Crippen molar-refractivity contribution in [3.8, 4) is 5.75 Å². The number of carbonyl (C=O) groups excluding carboxylic acids is 1. The van der Waals surface area contributed by atoms with Gasteiger partial charge in [0.2, 0.25) is 5.24 Å². The van der Waals surface area contributed by atoms with Crippen LogP contribution in [0.15, 0.2) is 24.3 Å². The van der Waals surface area contributed by atoms with Crippen molar-refractivity contribution in [3.63, 3.8) is 0 Å². The largest absolute Gasteiger partial charge is 0.497 e. The molecule has 0 heterocycles. The van der Waals surface area contributed by atoms with E-state index in [2.05, 4.69) is 0 Å². The van der Waals surface area contributed by atoms with Gasteiger partial charge in [0.05, 0.1) is 7.11 Å². The third kappa shape index (κ3) is 2.15. The highest BCUT2D eigenvalue weighted by Crippen LogP contribution is 2.50. The van der Waals surface area contributed by atoms with Crippen molar-refractivity contribution >= 4 is 16.8 Å². The van der Waals surface area contributed by atoms with Crippen LogP contribution in [0.2, 0.25) is 0 Å². The maximum absolute atomic E-state index is 11.2. The first-order chi connectivity index (χ1) is 7.16. The molecule has 0 aromatic heterocycles. The molecule has 2 nitrogen and oxygen atoms in total. The minimum Gasteiger partial charge on any atom is -0.497 e. The van der Waals surface area contributed by atoms with Gasteiger partial charge in [0.15, 0.2) is 0 Å². The average molecular weight is 225 g/mol. The van der Waals surface area contributed by atoms with E-state index in [4.69, 9.17) is 16.3 Å². The molecule has 0 N–H and O–H groups in total. The first-order valence-electron chi connectivity index (χ1n) is 4.99. The van der Waals surface area contributed by atoms with Gasteiger partial charge in [0, 0.05) is 5.41 Å². The molecule has 0 amide bonds. The van der Waals surface area contributed by atoms with Crippen LogP contribution < -0.4 is 4.74 Å². The number of hydrogen-bond donors (Lipinski definition) is 0. The fourth-order valence-corrected chi connectivity index (χ4v) is 1.98. The number of ether oxygens (including phenoxy) is 1. The maximum Gasteiger partial charge on any atom is 0.228 e. The van der Waals surface area contributed by atoms with E-state index in [1.165, 1.54) is 0 Å². The molecule has 3 heteroatoms. The van der Waals surface area contributed by atoms with E-state index in [1.807, 2.05) is 24.3 Å². The molecule has 0 radical (unpaired) electrons. The highest BCUT2D eigenvalue weighted by Gasteiger charge is 2.48. The lowest BCUT2D eigenvalue weighted by atomic mass is 9.98. The van der Waals surface area contributed by atoms with Crippen LogP contribution in [0.3, 0.4) is 0 Å². The molecule has 1 aromatic carbocycles. The normalized spacial score (nSPS) is 17.2. The standard InChI is InChI=1S/C12H13ClO2/c1-15-10-4-2-9(3-5-10)8-12(6-7-12)11(13)14/h2-5H,6-8H2,1H3. The predicted octanol–water partition coefficient (Wildman–Crippen LogP) is 2.78. The van der Waals surface area contributed by atoms with Crippen molar-refractivity contribution in [1.82, 2.24) is 0 Å². The molecule has 80 valence electrons. The summed E-state index contributed by atoms with van der Waals surface area (Å²) in [5.74, 6) is 0.834. The summed E-state index contributed by atoms with van der Waals surface area (Å²) in [7, 11) is 1.64. The van der Waals surface area contributed by atoms with Crippen molar-refractivity contribution in [2.75, 3.05) is 7.11 Å². The smallest absolute Gasteiger partial charge is 0.228 e. The number of rotatable bonds is 4. The fraction of sp³-hybridized carbons (Fsp3) is 0.417. The van der Waals surface area contributed by atoms with Gasteiger partial charge in [-0.25, -0.2) is 0 Å². The molecule has 15 heavy (non-hydrogen) atoms. The number of halogens is 1. The summed E-state index contributed by atoms with van der Waals surface area (Å²) in [4.78, 5) is 11.2. The molecule has 0 saturated heterocycles. The summed E-state index contributed by atoms with van der Waals surface area (Å²) in [6.45, 7) is 0. The van der Waals surface area contributed by atoms with Crippen molar-refractivity contribution < 1.29 is 9.53 Å². The molecule has 1 fully saturated rings. The van der Waals surface area contributed by atoms with Crippen molar-refractivity contribution in [2.45, 2.75) is 19.3 Å². The summed E-state index contributed by atoms with van der Waals surface area (Å²) in [5, 5.41) is -0.196. The van der Waals surface area contributed by atoms with Gasteiger partial charge in [-0.15, -0.1) is 0 Å². The van der Waals surface area contributed by atoms with Gasteiger partial charge in [-0.2, -0.15) is 0 Å². The highest BCUT2D eigenvalue weighted by molar-refractivity contribution is 6.65. The molecular weight excluding hydrogens is 212 g/mol. The zero-order chi connectivity index (χ0) is 10.9. The lowest BCUT2D eigenvalue weighted by Crippen LogP contribution is -2.12. The van der Waals surface area contributed by atoms with Gasteiger partial charge in [-0.05, 0) is 48.6 Å². The van der Waals surface area contributed by atoms with Gasteiger partial charge < -0.3 is 4.74 Å². The van der Waals surface area contributed by atoms with E-state index in [-0.39, 0.29) is 10.7 Å². The Morgan fingerprint density at radius 1 is 1.40 bits per heavy atom. The third-order valence-corrected chi connectivity index (χ3v) is 3.37. The second-order valence-electron chi connectivity index (χ2n) is 4.08. The summed E-state index contributed by atoms with van der Waals surface area (Å²) >= 11 is 5.58. The molecule has 1 saturated carbocycles. The van der Waals surface area contributed by atoms with E-state index in [9.17, 15) is 4.79 Å². The van der Waals surface area contributed by atoms with Crippen LogP contribution in [-0.2, 0) is 11.2 Å². The molecule has 1 aliphatic carbocycles. The molecule has 1 aliphatic rings. The van der Waals surface area contributed by atoms with E-state index in [0.717, 1.165) is 30.6 Å². The molecule has 0 bridgehead atoms. The van der Waals surface area contributed by atoms with Gasteiger partial charge >= 0.3 is 0 Å². The first-order valence-corrected chi connectivity index (χ1v) is 5.37. The minimum atomic E-state index is -0.268. The van der Waals surface area contributed by atoms with Crippen molar-refractivity contribution in [2.24, 2.45) is 5.41 Å². The Kier molecular flexibility index (Phi) is 2.70. The first kappa shape index (κ1) is 10.5. The van der Waals surface area contributed by atoms with Crippen molar-refractivity contribution in [3.05, 3.63) is 29.8 Å². The number of benzene rings is 1. The molecule has 0 unspecified atom stereocenters. The Labute approximate surface area is 94.2 Å². The molecule has 2 rings (SSSR count). The lowest BCUT2D eigenvalue weighted by Gasteiger charge is -2.09. The SMILES string of the molecule is COc1ccc(CC2(C(=O)Cl)CC2)cc1. The average Bonchev–Trinajstić information content (AvgIpc) is 3.00. The van der Waals surface area contributed by atoms with Gasteiger partial charge in [0.25, 0.3) is 0 Å². The summed E-state index contributed by atoms with van der Waals surface area (Å²) < 4.78 is 5.07. The zero-order valence-electron chi connectivity index (χ0n) is 8.63. The summed E-state index contributed by atoms with van der Waals surface area (Å²) in [6.07, 6.45) is 2.59. The summed E-state index contributed by atoms with van der Waals surface area (Å²) in [6, 6.07) is 7.78. The Bertz CT molecular complexity index is 366. The van der Waals surface area contributed by atoms with Crippen LogP contribution in [0.1, 0.15) is 18.4 Å². The second-order valence-corrected chi connectivity index (χ2v) is 4.42. The number of methoxy groups -OCH3 is 1. The quantitative estimate of drug-likeness (QED) is 0.736. The van der Waals surface area contributed by atoms with Gasteiger partial charge in [-0.1, -0.05) is 12.1 Å². The van der Waals surface area contributed by atoms with Crippen molar-refractivity contribution in [1.29, 1.82) is 0 Å². The van der Waals surface area contributed by atoms with E-state index >= 15 is 0 Å². The van der Waals surface area contributed by atoms with Crippen LogP contribution in [0.4, 0.5) is 0 Å². The Hall–Kier alpha value is -1.02. The predicted molar refractivity (Wildman–Crippen MR) is 59.2 cm³/mol. The number of hydrogen-bond acceptors (Lipinski definition) is 2. The van der Waals surface area contributed by atoms with Gasteiger partial charge in [-0.3, -0.25) is 4.79 Å². The van der Waals surface area contributed by atoms with E-state index < -0.39 is 0 Å². The highest BCUT2D eigenvalue weighted by atomic mass is 35.5. The topological polar surface area (TPSA) is 26.3 Å². The lowest BCUT2D eigenvalue weighted by molar-refractivity contribution is -0.116. The van der Waals surface area contributed by atoms with Crippen LogP contribution in [-0.4, -0.2) is 12.4 Å². The Morgan fingerprint density at radius 3 is 2.40 bits per heavy atom. The van der Waals surface area contributed by atoms with E-state index in [1.54, 1.807) is 7.11 Å². The van der Waals surface area contributed by atoms with Crippen LogP contribution in [0, 0.1) is 5.41 Å². The Morgan fingerprint density at radius 2 is 2.00 bits per heavy atom. The molecule has 0 aliphatic heterocycles. The third-order valence-electron chi connectivity index (χ3n) is 2.97.